The highest BCUT2D eigenvalue weighted by Gasteiger charge is 2.26. The Kier molecular flexibility index (Phi) is 6.92. The van der Waals surface area contributed by atoms with Gasteiger partial charge < -0.3 is 0 Å². The van der Waals surface area contributed by atoms with Gasteiger partial charge >= 0.3 is 0 Å². The lowest BCUT2D eigenvalue weighted by atomic mass is 9.89. The first-order valence-electron chi connectivity index (χ1n) is 7.83. The van der Waals surface area contributed by atoms with Crippen LogP contribution in [0.15, 0.2) is 48.5 Å². The quantitative estimate of drug-likeness (QED) is 0.684. The van der Waals surface area contributed by atoms with Crippen LogP contribution in [0.2, 0.25) is 10.0 Å². The average molecular weight is 385 g/mol. The average Bonchev–Trinajstić information content (AvgIpc) is 2.64. The highest BCUT2D eigenvalue weighted by molar-refractivity contribution is 6.32. The number of ketones is 2. The first-order valence-corrected chi connectivity index (χ1v) is 8.58. The molecule has 2 rings (SSSR count). The predicted octanol–water partition coefficient (Wildman–Crippen LogP) is 4.83. The maximum absolute atomic E-state index is 12.4. The van der Waals surface area contributed by atoms with Crippen LogP contribution in [0.4, 0.5) is 0 Å². The number of Topliss-reactive ketones (excluding diaryl/α,β-unsaturated/α-hetero) is 2. The number of nitrogens with zero attached hydrogens (tertiary/aromatic N) is 2. The summed E-state index contributed by atoms with van der Waals surface area (Å²) in [5.41, 5.74) is 0.828. The molecule has 2 aromatic carbocycles. The molecule has 2 atom stereocenters. The second kappa shape index (κ2) is 9.15. The van der Waals surface area contributed by atoms with Crippen molar-refractivity contribution in [3.63, 3.8) is 0 Å². The zero-order valence-corrected chi connectivity index (χ0v) is 15.2. The van der Waals surface area contributed by atoms with Gasteiger partial charge in [-0.25, -0.2) is 0 Å². The summed E-state index contributed by atoms with van der Waals surface area (Å²) in [5.74, 6) is -2.91. The smallest absolute Gasteiger partial charge is 0.154 e. The zero-order chi connectivity index (χ0) is 19.1. The fourth-order valence-electron chi connectivity index (χ4n) is 2.58. The summed E-state index contributed by atoms with van der Waals surface area (Å²) in [6.07, 6.45) is -0.296. The summed E-state index contributed by atoms with van der Waals surface area (Å²) in [5, 5.41) is 19.3. The van der Waals surface area contributed by atoms with Crippen molar-refractivity contribution in [2.75, 3.05) is 0 Å². The number of nitriles is 2. The fourth-order valence-corrected chi connectivity index (χ4v) is 3.07. The molecular weight excluding hydrogens is 371 g/mol. The maximum Gasteiger partial charge on any atom is 0.154 e. The van der Waals surface area contributed by atoms with Gasteiger partial charge in [0, 0.05) is 22.9 Å². The minimum Gasteiger partial charge on any atom is -0.298 e. The van der Waals surface area contributed by atoms with E-state index < -0.39 is 23.4 Å². The number of carbonyl (C=O) groups is 2. The first kappa shape index (κ1) is 19.7. The van der Waals surface area contributed by atoms with E-state index in [-0.39, 0.29) is 12.8 Å². The Hall–Kier alpha value is -2.66. The van der Waals surface area contributed by atoms with Gasteiger partial charge in [-0.1, -0.05) is 59.6 Å². The normalized spacial score (nSPS) is 12.5. The van der Waals surface area contributed by atoms with Crippen LogP contribution in [0.3, 0.4) is 0 Å². The van der Waals surface area contributed by atoms with Crippen LogP contribution in [-0.2, 0) is 9.59 Å². The van der Waals surface area contributed by atoms with Gasteiger partial charge in [0.1, 0.15) is 11.8 Å². The Balaban J connectivity index is 2.10. The molecule has 0 unspecified atom stereocenters. The number of rotatable bonds is 7. The van der Waals surface area contributed by atoms with E-state index in [0.29, 0.717) is 21.2 Å². The van der Waals surface area contributed by atoms with E-state index in [1.165, 1.54) is 0 Å². The molecular formula is C20H14Cl2N2O2. The second-order valence-electron chi connectivity index (χ2n) is 5.60. The largest absolute Gasteiger partial charge is 0.298 e. The van der Waals surface area contributed by atoms with E-state index in [9.17, 15) is 20.1 Å². The molecule has 0 aliphatic rings. The van der Waals surface area contributed by atoms with Crippen LogP contribution in [-0.4, -0.2) is 11.6 Å². The Bertz CT molecular complexity index is 837. The minimum absolute atomic E-state index is 0.148. The molecule has 0 aromatic heterocycles. The number of benzene rings is 2. The molecule has 0 heterocycles. The van der Waals surface area contributed by atoms with Crippen molar-refractivity contribution < 1.29 is 9.59 Å². The third-order valence-corrected chi connectivity index (χ3v) is 4.64. The van der Waals surface area contributed by atoms with E-state index >= 15 is 0 Å². The molecule has 0 spiro atoms. The highest BCUT2D eigenvalue weighted by atomic mass is 35.5. The van der Waals surface area contributed by atoms with Crippen molar-refractivity contribution in [2.45, 2.75) is 24.7 Å². The molecule has 26 heavy (non-hydrogen) atoms. The molecule has 0 aliphatic heterocycles. The zero-order valence-electron chi connectivity index (χ0n) is 13.7. The second-order valence-corrected chi connectivity index (χ2v) is 6.41. The molecule has 0 saturated carbocycles. The molecule has 4 nitrogen and oxygen atoms in total. The Morgan fingerprint density at radius 1 is 0.769 bits per heavy atom. The van der Waals surface area contributed by atoms with Crippen LogP contribution in [0.1, 0.15) is 35.8 Å². The Morgan fingerprint density at radius 3 is 1.42 bits per heavy atom. The lowest BCUT2D eigenvalue weighted by Crippen LogP contribution is -2.16. The minimum atomic E-state index is -1.04. The lowest BCUT2D eigenvalue weighted by molar-refractivity contribution is -0.124. The number of hydrogen-bond acceptors (Lipinski definition) is 4. The monoisotopic (exact) mass is 384 g/mol. The molecule has 0 N–H and O–H groups in total. The molecule has 2 aromatic rings. The predicted molar refractivity (Wildman–Crippen MR) is 98.9 cm³/mol. The third kappa shape index (κ3) is 4.49. The van der Waals surface area contributed by atoms with Gasteiger partial charge in [-0.15, -0.1) is 0 Å². The molecule has 0 aliphatic carbocycles. The summed E-state index contributed by atoms with van der Waals surface area (Å²) in [4.78, 5) is 24.8. The van der Waals surface area contributed by atoms with Crippen LogP contribution in [0, 0.1) is 22.7 Å². The van der Waals surface area contributed by atoms with E-state index in [2.05, 4.69) is 0 Å². The van der Waals surface area contributed by atoms with Crippen molar-refractivity contribution in [1.29, 1.82) is 10.5 Å². The van der Waals surface area contributed by atoms with Gasteiger partial charge in [0.15, 0.2) is 11.6 Å². The molecule has 0 radical (unpaired) electrons. The SMILES string of the molecule is N#C[C@@H](C(=O)CCC(=O)[C@H](C#N)c1ccccc1Cl)c1ccccc1Cl. The van der Waals surface area contributed by atoms with Gasteiger partial charge in [-0.3, -0.25) is 9.59 Å². The van der Waals surface area contributed by atoms with Crippen molar-refractivity contribution in [2.24, 2.45) is 0 Å². The van der Waals surface area contributed by atoms with E-state index in [1.807, 2.05) is 12.1 Å². The molecule has 6 heteroatoms. The molecule has 0 fully saturated rings. The van der Waals surface area contributed by atoms with Crippen molar-refractivity contribution in [1.82, 2.24) is 0 Å². The van der Waals surface area contributed by atoms with Crippen LogP contribution in [0.5, 0.6) is 0 Å². The highest BCUT2D eigenvalue weighted by Crippen LogP contribution is 2.28. The molecule has 0 bridgehead atoms. The summed E-state index contributed by atoms with van der Waals surface area (Å²) < 4.78 is 0. The van der Waals surface area contributed by atoms with E-state index in [4.69, 9.17) is 23.2 Å². The number of carbonyl (C=O) groups excluding carboxylic acids is 2. The van der Waals surface area contributed by atoms with E-state index in [1.54, 1.807) is 48.5 Å². The van der Waals surface area contributed by atoms with Crippen molar-refractivity contribution >= 4 is 34.8 Å². The van der Waals surface area contributed by atoms with Crippen molar-refractivity contribution in [3.8, 4) is 12.1 Å². The Labute approximate surface area is 161 Å². The lowest BCUT2D eigenvalue weighted by Gasteiger charge is -2.12. The standard InChI is InChI=1S/C20H14Cl2N2O2/c21-17-7-3-1-5-13(17)15(11-23)19(25)9-10-20(26)16(12-24)14-6-2-4-8-18(14)22/h1-8,15-16H,9-10H2/t15-,16-/m1/s1. The summed E-state index contributed by atoms with van der Waals surface area (Å²) in [6, 6.07) is 17.1. The summed E-state index contributed by atoms with van der Waals surface area (Å²) in [6.45, 7) is 0. The molecule has 0 amide bonds. The summed E-state index contributed by atoms with van der Waals surface area (Å²) in [7, 11) is 0. The molecule has 0 saturated heterocycles. The maximum atomic E-state index is 12.4. The van der Waals surface area contributed by atoms with Gasteiger partial charge in [0.05, 0.1) is 12.1 Å². The van der Waals surface area contributed by atoms with Crippen LogP contribution < -0.4 is 0 Å². The van der Waals surface area contributed by atoms with Crippen molar-refractivity contribution in [3.05, 3.63) is 69.7 Å². The molecule has 130 valence electrons. The van der Waals surface area contributed by atoms with Crippen LogP contribution in [0.25, 0.3) is 0 Å². The van der Waals surface area contributed by atoms with Gasteiger partial charge in [-0.05, 0) is 23.3 Å². The number of hydrogen-bond donors (Lipinski definition) is 0. The third-order valence-electron chi connectivity index (χ3n) is 3.95. The van der Waals surface area contributed by atoms with E-state index in [0.717, 1.165) is 0 Å². The fraction of sp³-hybridized carbons (Fsp3) is 0.200. The van der Waals surface area contributed by atoms with Crippen LogP contribution >= 0.6 is 23.2 Å². The summed E-state index contributed by atoms with van der Waals surface area (Å²) >= 11 is 12.1. The first-order chi connectivity index (χ1) is 12.5. The van der Waals surface area contributed by atoms with Gasteiger partial charge in [0.25, 0.3) is 0 Å². The van der Waals surface area contributed by atoms with Gasteiger partial charge in [-0.2, -0.15) is 10.5 Å². The topological polar surface area (TPSA) is 81.7 Å². The van der Waals surface area contributed by atoms with Gasteiger partial charge in [0.2, 0.25) is 0 Å². The number of halogens is 2. The Morgan fingerprint density at radius 2 is 1.12 bits per heavy atom.